The summed E-state index contributed by atoms with van der Waals surface area (Å²) in [4.78, 5) is 18.8. The fraction of sp³-hybridized carbons (Fsp3) is 0.176. The lowest BCUT2D eigenvalue weighted by atomic mass is 10.2. The predicted molar refractivity (Wildman–Crippen MR) is 108 cm³/mol. The molecule has 3 rings (SSSR count). The number of thioether (sulfide) groups is 1. The van der Waals surface area contributed by atoms with Gasteiger partial charge in [0.05, 0.1) is 27.2 Å². The third-order valence-electron chi connectivity index (χ3n) is 3.56. The highest BCUT2D eigenvalue weighted by molar-refractivity contribution is 8.13. The Labute approximate surface area is 169 Å². The number of hydrogen-bond donors (Lipinski definition) is 0. The summed E-state index contributed by atoms with van der Waals surface area (Å²) in [6.45, 7) is 1.10. The molecule has 0 fully saturated rings. The topological polar surface area (TPSA) is 32.7 Å². The molecule has 0 saturated carbocycles. The van der Waals surface area contributed by atoms with E-state index in [2.05, 4.69) is 4.99 Å². The average Bonchev–Trinajstić information content (AvgIpc) is 3.04. The number of amidine groups is 1. The number of nitrogens with zero attached hydrogens (tertiary/aromatic N) is 2. The van der Waals surface area contributed by atoms with Crippen molar-refractivity contribution in [3.05, 3.63) is 67.6 Å². The Balaban J connectivity index is 1.71. The number of halogens is 4. The van der Waals surface area contributed by atoms with Gasteiger partial charge >= 0.3 is 0 Å². The molecule has 2 aromatic carbocycles. The van der Waals surface area contributed by atoms with Gasteiger partial charge in [-0.15, -0.1) is 0 Å². The Morgan fingerprint density at radius 3 is 2.56 bits per heavy atom. The molecular weight excluding hydrogens is 422 g/mol. The molecule has 0 N–H and O–H groups in total. The van der Waals surface area contributed by atoms with Crippen LogP contribution >= 0.6 is 58.2 Å². The van der Waals surface area contributed by atoms with Gasteiger partial charge in [0, 0.05) is 17.3 Å². The fourth-order valence-electron chi connectivity index (χ4n) is 2.32. The summed E-state index contributed by atoms with van der Waals surface area (Å²) in [5, 5.41) is 2.52. The van der Waals surface area contributed by atoms with Gasteiger partial charge in [-0.1, -0.05) is 64.2 Å². The zero-order valence-electron chi connectivity index (χ0n) is 12.8. The molecule has 0 bridgehead atoms. The van der Waals surface area contributed by atoms with E-state index in [1.54, 1.807) is 29.2 Å². The maximum Gasteiger partial charge on any atom is 0.261 e. The van der Waals surface area contributed by atoms with Gasteiger partial charge in [0.2, 0.25) is 0 Å². The second kappa shape index (κ2) is 8.19. The van der Waals surface area contributed by atoms with Gasteiger partial charge in [0.1, 0.15) is 0 Å². The molecule has 1 amide bonds. The summed E-state index contributed by atoms with van der Waals surface area (Å²) < 4.78 is 0. The van der Waals surface area contributed by atoms with E-state index in [1.807, 2.05) is 12.1 Å². The predicted octanol–water partition coefficient (Wildman–Crippen LogP) is 6.05. The van der Waals surface area contributed by atoms with Crippen LogP contribution in [0.15, 0.2) is 41.4 Å². The van der Waals surface area contributed by atoms with E-state index in [1.165, 1.54) is 11.8 Å². The summed E-state index contributed by atoms with van der Waals surface area (Å²) in [7, 11) is 0. The third-order valence-corrected chi connectivity index (χ3v) is 5.93. The standard InChI is InChI=1S/C17H12Cl4N2OS/c18-11-2-3-12(14(20)8-11)16(24)23-6-5-22-17(23)25-9-10-1-4-13(19)15(21)7-10/h1-4,7-8H,5-6,9H2. The molecule has 0 spiro atoms. The quantitative estimate of drug-likeness (QED) is 0.590. The Hall–Kier alpha value is -0.910. The highest BCUT2D eigenvalue weighted by Gasteiger charge is 2.26. The van der Waals surface area contributed by atoms with Crippen LogP contribution in [0.1, 0.15) is 15.9 Å². The summed E-state index contributed by atoms with van der Waals surface area (Å²) >= 11 is 25.5. The minimum absolute atomic E-state index is 0.181. The smallest absolute Gasteiger partial charge is 0.261 e. The first-order valence-electron chi connectivity index (χ1n) is 7.34. The van der Waals surface area contributed by atoms with E-state index in [-0.39, 0.29) is 5.91 Å². The lowest BCUT2D eigenvalue weighted by molar-refractivity contribution is 0.0861. The molecule has 0 saturated heterocycles. The molecule has 1 aliphatic rings. The molecule has 130 valence electrons. The first kappa shape index (κ1) is 18.9. The number of amides is 1. The number of hydrogen-bond acceptors (Lipinski definition) is 3. The molecular formula is C17H12Cl4N2OS. The molecule has 1 heterocycles. The van der Waals surface area contributed by atoms with Gasteiger partial charge in [-0.25, -0.2) is 0 Å². The third kappa shape index (κ3) is 4.44. The van der Waals surface area contributed by atoms with E-state index in [0.717, 1.165) is 5.56 Å². The van der Waals surface area contributed by atoms with Crippen LogP contribution in [-0.4, -0.2) is 29.1 Å². The van der Waals surface area contributed by atoms with Gasteiger partial charge in [-0.2, -0.15) is 0 Å². The van der Waals surface area contributed by atoms with Crippen LogP contribution in [0.3, 0.4) is 0 Å². The normalized spacial score (nSPS) is 13.9. The maximum atomic E-state index is 12.8. The highest BCUT2D eigenvalue weighted by atomic mass is 35.5. The van der Waals surface area contributed by atoms with Crippen molar-refractivity contribution in [2.24, 2.45) is 4.99 Å². The van der Waals surface area contributed by atoms with Crippen molar-refractivity contribution in [2.75, 3.05) is 13.1 Å². The summed E-state index contributed by atoms with van der Waals surface area (Å²) in [5.74, 6) is 0.452. The van der Waals surface area contributed by atoms with Crippen molar-refractivity contribution in [3.8, 4) is 0 Å². The Morgan fingerprint density at radius 1 is 1.04 bits per heavy atom. The van der Waals surface area contributed by atoms with Crippen molar-refractivity contribution in [1.29, 1.82) is 0 Å². The molecule has 25 heavy (non-hydrogen) atoms. The van der Waals surface area contributed by atoms with Gasteiger partial charge in [0.15, 0.2) is 5.17 Å². The summed E-state index contributed by atoms with van der Waals surface area (Å²) in [5.41, 5.74) is 1.42. The van der Waals surface area contributed by atoms with Crippen LogP contribution in [0.4, 0.5) is 0 Å². The van der Waals surface area contributed by atoms with Crippen molar-refractivity contribution < 1.29 is 4.79 Å². The van der Waals surface area contributed by atoms with E-state index < -0.39 is 0 Å². The van der Waals surface area contributed by atoms with Gasteiger partial charge in [-0.05, 0) is 35.9 Å². The van der Waals surface area contributed by atoms with Crippen LogP contribution < -0.4 is 0 Å². The van der Waals surface area contributed by atoms with E-state index >= 15 is 0 Å². The molecule has 0 radical (unpaired) electrons. The average molecular weight is 434 g/mol. The molecule has 0 atom stereocenters. The van der Waals surface area contributed by atoms with E-state index in [0.29, 0.717) is 49.7 Å². The zero-order chi connectivity index (χ0) is 18.0. The fourth-order valence-corrected chi connectivity index (χ4v) is 4.12. The van der Waals surface area contributed by atoms with Crippen molar-refractivity contribution in [3.63, 3.8) is 0 Å². The van der Waals surface area contributed by atoms with E-state index in [4.69, 9.17) is 46.4 Å². The Kier molecular flexibility index (Phi) is 6.18. The number of carbonyl (C=O) groups is 1. The van der Waals surface area contributed by atoms with Crippen LogP contribution in [0.25, 0.3) is 0 Å². The number of carbonyl (C=O) groups excluding carboxylic acids is 1. The Morgan fingerprint density at radius 2 is 1.84 bits per heavy atom. The largest absolute Gasteiger partial charge is 0.286 e. The number of aliphatic imine (C=N–C) groups is 1. The molecule has 0 aromatic heterocycles. The second-order valence-electron chi connectivity index (χ2n) is 5.28. The molecule has 3 nitrogen and oxygen atoms in total. The highest BCUT2D eigenvalue weighted by Crippen LogP contribution is 2.28. The molecule has 0 aliphatic carbocycles. The van der Waals surface area contributed by atoms with Gasteiger partial charge < -0.3 is 0 Å². The molecule has 2 aromatic rings. The van der Waals surface area contributed by atoms with E-state index in [9.17, 15) is 4.79 Å². The number of benzene rings is 2. The molecule has 1 aliphatic heterocycles. The molecule has 8 heteroatoms. The van der Waals surface area contributed by atoms with Crippen molar-refractivity contribution >= 4 is 69.2 Å². The van der Waals surface area contributed by atoms with Crippen molar-refractivity contribution in [2.45, 2.75) is 5.75 Å². The van der Waals surface area contributed by atoms with Crippen LogP contribution in [0.5, 0.6) is 0 Å². The first-order chi connectivity index (χ1) is 12.0. The molecule has 0 unspecified atom stereocenters. The van der Waals surface area contributed by atoms with Gasteiger partial charge in [0.25, 0.3) is 5.91 Å². The monoisotopic (exact) mass is 432 g/mol. The van der Waals surface area contributed by atoms with Crippen LogP contribution in [0, 0.1) is 0 Å². The lowest BCUT2D eigenvalue weighted by Crippen LogP contribution is -2.33. The minimum Gasteiger partial charge on any atom is -0.286 e. The Bertz CT molecular complexity index is 857. The van der Waals surface area contributed by atoms with Crippen LogP contribution in [-0.2, 0) is 5.75 Å². The van der Waals surface area contributed by atoms with Crippen LogP contribution in [0.2, 0.25) is 20.1 Å². The minimum atomic E-state index is -0.181. The number of rotatable bonds is 3. The first-order valence-corrected chi connectivity index (χ1v) is 9.83. The van der Waals surface area contributed by atoms with Gasteiger partial charge in [-0.3, -0.25) is 14.7 Å². The summed E-state index contributed by atoms with van der Waals surface area (Å²) in [6, 6.07) is 10.3. The summed E-state index contributed by atoms with van der Waals surface area (Å²) in [6.07, 6.45) is 0. The van der Waals surface area contributed by atoms with Crippen molar-refractivity contribution in [1.82, 2.24) is 4.90 Å². The lowest BCUT2D eigenvalue weighted by Gasteiger charge is -2.18. The SMILES string of the molecule is O=C(c1ccc(Cl)cc1Cl)N1CCN=C1SCc1ccc(Cl)c(Cl)c1. The second-order valence-corrected chi connectivity index (χ2v) is 7.88. The maximum absolute atomic E-state index is 12.8. The zero-order valence-corrected chi connectivity index (χ0v) is 16.6.